The second kappa shape index (κ2) is 8.48. The van der Waals surface area contributed by atoms with Crippen molar-refractivity contribution in [1.82, 2.24) is 29.9 Å². The fraction of sp³-hybridized carbons (Fsp3) is 0.280. The number of aromatic amines is 1. The van der Waals surface area contributed by atoms with Crippen molar-refractivity contribution in [3.05, 3.63) is 65.6 Å². The number of nitrogens with one attached hydrogen (secondary N) is 1. The number of H-pyrrole nitrogens is 1. The van der Waals surface area contributed by atoms with Crippen molar-refractivity contribution in [2.75, 3.05) is 13.1 Å². The van der Waals surface area contributed by atoms with E-state index in [1.807, 2.05) is 42.3 Å². The number of piperidine rings is 1. The monoisotopic (exact) mass is 460 g/mol. The van der Waals surface area contributed by atoms with Crippen LogP contribution in [0.2, 0.25) is 5.02 Å². The maximum Gasteiger partial charge on any atom is 0.245 e. The summed E-state index contributed by atoms with van der Waals surface area (Å²) in [5.74, 6) is -0.0191. The Bertz CT molecular complexity index is 1350. The molecule has 4 heterocycles. The van der Waals surface area contributed by atoms with Gasteiger partial charge in [-0.2, -0.15) is 10.2 Å². The first-order valence-electron chi connectivity index (χ1n) is 11.0. The summed E-state index contributed by atoms with van der Waals surface area (Å²) in [6.07, 6.45) is 6.62. The number of carbonyl (C=O) groups is 1. The largest absolute Gasteiger partial charge is 0.339 e. The summed E-state index contributed by atoms with van der Waals surface area (Å²) in [6, 6.07) is 8.02. The molecule has 4 aromatic rings. The van der Waals surface area contributed by atoms with Crippen LogP contribution in [0.3, 0.4) is 0 Å². The fourth-order valence-electron chi connectivity index (χ4n) is 4.76. The van der Waals surface area contributed by atoms with Gasteiger partial charge in [0.15, 0.2) is 0 Å². The zero-order valence-corrected chi connectivity index (χ0v) is 19.4. The number of pyridine rings is 1. The summed E-state index contributed by atoms with van der Waals surface area (Å²) in [5.41, 5.74) is 6.42. The molecule has 1 N–H and O–H groups in total. The first-order valence-corrected chi connectivity index (χ1v) is 11.4. The fourth-order valence-corrected chi connectivity index (χ4v) is 5.01. The Kier molecular flexibility index (Phi) is 5.50. The standard InChI is InChI=1S/C25H25ClN6O/c1-4-21(33)31-11-8-17(9-12-31)32-16(3)22(25(30-32)19-7-5-6-10-27-19)23-18-14-28-29-20(18)13-15(2)24(23)26/h4-7,10,13-14,17H,1,8-9,11-12H2,2-3H3,(H,28,29). The number of hydrogen-bond acceptors (Lipinski definition) is 4. The molecule has 0 saturated carbocycles. The highest BCUT2D eigenvalue weighted by Crippen LogP contribution is 2.44. The van der Waals surface area contributed by atoms with E-state index in [0.717, 1.165) is 57.5 Å². The zero-order chi connectivity index (χ0) is 23.1. The normalized spacial score (nSPS) is 14.7. The highest BCUT2D eigenvalue weighted by atomic mass is 35.5. The van der Waals surface area contributed by atoms with Gasteiger partial charge >= 0.3 is 0 Å². The average molecular weight is 461 g/mol. The van der Waals surface area contributed by atoms with Gasteiger partial charge in [0, 0.05) is 41.5 Å². The van der Waals surface area contributed by atoms with Gasteiger partial charge in [0.05, 0.1) is 28.5 Å². The Morgan fingerprint density at radius 2 is 2.03 bits per heavy atom. The number of carbonyl (C=O) groups excluding carboxylic acids is 1. The Morgan fingerprint density at radius 1 is 1.24 bits per heavy atom. The maximum absolute atomic E-state index is 12.0. The summed E-state index contributed by atoms with van der Waals surface area (Å²) < 4.78 is 2.10. The highest BCUT2D eigenvalue weighted by molar-refractivity contribution is 6.36. The lowest BCUT2D eigenvalue weighted by molar-refractivity contribution is -0.127. The summed E-state index contributed by atoms with van der Waals surface area (Å²) in [6.45, 7) is 9.05. The molecule has 1 aliphatic rings. The molecule has 1 saturated heterocycles. The van der Waals surface area contributed by atoms with Crippen LogP contribution < -0.4 is 0 Å². The number of amides is 1. The van der Waals surface area contributed by atoms with Crippen LogP contribution in [0.5, 0.6) is 0 Å². The minimum atomic E-state index is -0.0191. The van der Waals surface area contributed by atoms with E-state index in [4.69, 9.17) is 16.7 Å². The molecule has 1 amide bonds. The van der Waals surface area contributed by atoms with Crippen molar-refractivity contribution in [3.63, 3.8) is 0 Å². The SMILES string of the molecule is C=CC(=O)N1CCC(n2nc(-c3ccccn3)c(-c3c(Cl)c(C)cc4[nH]ncc34)c2C)CC1. The molecule has 1 aromatic carbocycles. The van der Waals surface area contributed by atoms with E-state index in [9.17, 15) is 4.79 Å². The van der Waals surface area contributed by atoms with Crippen LogP contribution in [0.4, 0.5) is 0 Å². The molecule has 0 radical (unpaired) electrons. The predicted molar refractivity (Wildman–Crippen MR) is 130 cm³/mol. The average Bonchev–Trinajstić information content (AvgIpc) is 3.44. The number of benzene rings is 1. The lowest BCUT2D eigenvalue weighted by atomic mass is 9.96. The minimum absolute atomic E-state index is 0.0191. The second-order valence-electron chi connectivity index (χ2n) is 8.44. The molecule has 0 atom stereocenters. The van der Waals surface area contributed by atoms with Crippen LogP contribution in [0.15, 0.2) is 49.3 Å². The van der Waals surface area contributed by atoms with Crippen LogP contribution in [0, 0.1) is 13.8 Å². The van der Waals surface area contributed by atoms with Crippen LogP contribution in [-0.2, 0) is 4.79 Å². The van der Waals surface area contributed by atoms with Gasteiger partial charge in [-0.15, -0.1) is 0 Å². The van der Waals surface area contributed by atoms with E-state index in [1.54, 1.807) is 6.20 Å². The molecule has 7 nitrogen and oxygen atoms in total. The molecular formula is C25H25ClN6O. The third-order valence-electron chi connectivity index (χ3n) is 6.47. The molecule has 8 heteroatoms. The number of likely N-dealkylation sites (tertiary alicyclic amines) is 1. The number of halogens is 1. The summed E-state index contributed by atoms with van der Waals surface area (Å²) >= 11 is 6.91. The highest BCUT2D eigenvalue weighted by Gasteiger charge is 2.29. The molecule has 3 aromatic heterocycles. The molecular weight excluding hydrogens is 436 g/mol. The Morgan fingerprint density at radius 3 is 2.73 bits per heavy atom. The van der Waals surface area contributed by atoms with Gasteiger partial charge in [0.25, 0.3) is 0 Å². The zero-order valence-electron chi connectivity index (χ0n) is 18.7. The van der Waals surface area contributed by atoms with E-state index in [1.165, 1.54) is 6.08 Å². The maximum atomic E-state index is 12.0. The van der Waals surface area contributed by atoms with E-state index >= 15 is 0 Å². The number of hydrogen-bond donors (Lipinski definition) is 1. The molecule has 168 valence electrons. The molecule has 1 aliphatic heterocycles. The Hall–Kier alpha value is -3.45. The first kappa shape index (κ1) is 21.4. The number of nitrogens with zero attached hydrogens (tertiary/aromatic N) is 5. The number of aromatic nitrogens is 5. The van der Waals surface area contributed by atoms with Crippen LogP contribution >= 0.6 is 11.6 Å². The molecule has 33 heavy (non-hydrogen) atoms. The molecule has 0 aliphatic carbocycles. The lowest BCUT2D eigenvalue weighted by Crippen LogP contribution is -2.38. The Labute approximate surface area is 197 Å². The number of rotatable bonds is 4. The topological polar surface area (TPSA) is 79.7 Å². The molecule has 5 rings (SSSR count). The van der Waals surface area contributed by atoms with E-state index < -0.39 is 0 Å². The predicted octanol–water partition coefficient (Wildman–Crippen LogP) is 5.11. The second-order valence-corrected chi connectivity index (χ2v) is 8.82. The molecule has 0 unspecified atom stereocenters. The van der Waals surface area contributed by atoms with Crippen LogP contribution in [0.1, 0.15) is 30.1 Å². The molecule has 1 fully saturated rings. The Balaban J connectivity index is 1.67. The summed E-state index contributed by atoms with van der Waals surface area (Å²) in [4.78, 5) is 18.5. The summed E-state index contributed by atoms with van der Waals surface area (Å²) in [7, 11) is 0. The van der Waals surface area contributed by atoms with Gasteiger partial charge in [-0.05, 0) is 56.5 Å². The quantitative estimate of drug-likeness (QED) is 0.429. The van der Waals surface area contributed by atoms with E-state index in [0.29, 0.717) is 18.1 Å². The smallest absolute Gasteiger partial charge is 0.245 e. The van der Waals surface area contributed by atoms with Crippen molar-refractivity contribution < 1.29 is 4.79 Å². The van der Waals surface area contributed by atoms with Gasteiger partial charge in [0.1, 0.15) is 5.69 Å². The third kappa shape index (κ3) is 3.62. The minimum Gasteiger partial charge on any atom is -0.339 e. The van der Waals surface area contributed by atoms with Crippen molar-refractivity contribution in [2.45, 2.75) is 32.7 Å². The van der Waals surface area contributed by atoms with Crippen molar-refractivity contribution in [3.8, 4) is 22.5 Å². The lowest BCUT2D eigenvalue weighted by Gasteiger charge is -2.32. The van der Waals surface area contributed by atoms with E-state index in [-0.39, 0.29) is 11.9 Å². The summed E-state index contributed by atoms with van der Waals surface area (Å²) in [5, 5.41) is 14.0. The van der Waals surface area contributed by atoms with Crippen molar-refractivity contribution in [2.24, 2.45) is 0 Å². The van der Waals surface area contributed by atoms with Gasteiger partial charge < -0.3 is 4.90 Å². The van der Waals surface area contributed by atoms with Crippen LogP contribution in [-0.4, -0.2) is 48.9 Å². The van der Waals surface area contributed by atoms with Gasteiger partial charge in [-0.1, -0.05) is 24.2 Å². The van der Waals surface area contributed by atoms with Crippen molar-refractivity contribution in [1.29, 1.82) is 0 Å². The molecule has 0 bridgehead atoms. The van der Waals surface area contributed by atoms with Gasteiger partial charge in [-0.3, -0.25) is 19.6 Å². The van der Waals surface area contributed by atoms with Crippen molar-refractivity contribution >= 4 is 28.4 Å². The molecule has 0 spiro atoms. The number of fused-ring (bicyclic) bond motifs is 1. The van der Waals surface area contributed by atoms with Gasteiger partial charge in [-0.25, -0.2) is 0 Å². The first-order chi connectivity index (χ1) is 16.0. The number of aryl methyl sites for hydroxylation is 1. The van der Waals surface area contributed by atoms with Gasteiger partial charge in [0.2, 0.25) is 5.91 Å². The van der Waals surface area contributed by atoms with Crippen LogP contribution in [0.25, 0.3) is 33.4 Å². The van der Waals surface area contributed by atoms with E-state index in [2.05, 4.69) is 33.4 Å². The third-order valence-corrected chi connectivity index (χ3v) is 6.96.